The molecule has 2 N–H and O–H groups in total. The highest BCUT2D eigenvalue weighted by Crippen LogP contribution is 2.34. The van der Waals surface area contributed by atoms with Crippen LogP contribution in [-0.4, -0.2) is 16.1 Å². The first-order valence-corrected chi connectivity index (χ1v) is 4.00. The maximum absolute atomic E-state index is 12.4. The highest BCUT2D eigenvalue weighted by Gasteiger charge is 2.38. The second-order valence-corrected chi connectivity index (χ2v) is 2.94. The van der Waals surface area contributed by atoms with Gasteiger partial charge in [0.15, 0.2) is 0 Å². The third kappa shape index (κ3) is 2.60. The largest absolute Gasteiger partial charge is 0.478 e. The van der Waals surface area contributed by atoms with Gasteiger partial charge in [-0.25, -0.2) is 13.6 Å². The minimum Gasteiger partial charge on any atom is -0.478 e. The summed E-state index contributed by atoms with van der Waals surface area (Å²) in [6.07, 6.45) is -8.73. The standard InChI is InChI=1S/C8H4F5NO3/c9-6(10)5-4(7(16)17)2(8(11,12)13)1-3(15)14-5/h1,6H,(H,14,15)(H,16,17). The molecule has 0 amide bonds. The summed E-state index contributed by atoms with van der Waals surface area (Å²) >= 11 is 0. The minimum atomic E-state index is -5.20. The summed E-state index contributed by atoms with van der Waals surface area (Å²) in [5.41, 5.74) is -6.55. The molecule has 94 valence electrons. The first-order chi connectivity index (χ1) is 7.64. The van der Waals surface area contributed by atoms with Crippen molar-refractivity contribution in [3.8, 4) is 0 Å². The second-order valence-electron chi connectivity index (χ2n) is 2.94. The van der Waals surface area contributed by atoms with Gasteiger partial charge < -0.3 is 10.1 Å². The summed E-state index contributed by atoms with van der Waals surface area (Å²) in [6.45, 7) is 0. The Kier molecular flexibility index (Phi) is 3.21. The van der Waals surface area contributed by atoms with Crippen molar-refractivity contribution in [2.75, 3.05) is 0 Å². The van der Waals surface area contributed by atoms with Gasteiger partial charge in [-0.1, -0.05) is 0 Å². The van der Waals surface area contributed by atoms with Crippen molar-refractivity contribution in [2.45, 2.75) is 12.6 Å². The van der Waals surface area contributed by atoms with Gasteiger partial charge in [-0.05, 0) is 0 Å². The van der Waals surface area contributed by atoms with Crippen LogP contribution >= 0.6 is 0 Å². The van der Waals surface area contributed by atoms with Crippen molar-refractivity contribution in [1.82, 2.24) is 4.98 Å². The van der Waals surface area contributed by atoms with E-state index >= 15 is 0 Å². The van der Waals surface area contributed by atoms with Crippen LogP contribution in [0.15, 0.2) is 10.9 Å². The van der Waals surface area contributed by atoms with E-state index in [1.807, 2.05) is 0 Å². The first-order valence-electron chi connectivity index (χ1n) is 4.00. The average Bonchev–Trinajstić information content (AvgIpc) is 2.14. The third-order valence-electron chi connectivity index (χ3n) is 1.81. The number of pyridine rings is 1. The lowest BCUT2D eigenvalue weighted by atomic mass is 10.1. The maximum Gasteiger partial charge on any atom is 0.417 e. The maximum atomic E-state index is 12.4. The Hall–Kier alpha value is -1.93. The number of hydrogen-bond donors (Lipinski definition) is 2. The van der Waals surface area contributed by atoms with Gasteiger partial charge in [0.25, 0.3) is 6.43 Å². The molecule has 0 bridgehead atoms. The summed E-state index contributed by atoms with van der Waals surface area (Å²) in [7, 11) is 0. The number of carboxylic acids is 1. The summed E-state index contributed by atoms with van der Waals surface area (Å²) < 4.78 is 61.8. The predicted octanol–water partition coefficient (Wildman–Crippen LogP) is 2.03. The van der Waals surface area contributed by atoms with Gasteiger partial charge in [0.05, 0.1) is 16.8 Å². The molecule has 0 spiro atoms. The quantitative estimate of drug-likeness (QED) is 0.796. The molecular formula is C8H4F5NO3. The SMILES string of the molecule is O=C(O)c1c(C(F)(F)F)cc(=O)[nH]c1C(F)F. The van der Waals surface area contributed by atoms with E-state index in [2.05, 4.69) is 0 Å². The van der Waals surface area contributed by atoms with Crippen LogP contribution < -0.4 is 5.56 Å². The smallest absolute Gasteiger partial charge is 0.417 e. The van der Waals surface area contributed by atoms with Crippen LogP contribution in [-0.2, 0) is 6.18 Å². The van der Waals surface area contributed by atoms with Crippen LogP contribution in [0.1, 0.15) is 28.0 Å². The third-order valence-corrected chi connectivity index (χ3v) is 1.81. The molecule has 1 rings (SSSR count). The van der Waals surface area contributed by atoms with Gasteiger partial charge in [0.1, 0.15) is 0 Å². The van der Waals surface area contributed by atoms with Gasteiger partial charge in [0.2, 0.25) is 5.56 Å². The number of carbonyl (C=O) groups is 1. The summed E-state index contributed by atoms with van der Waals surface area (Å²) in [5, 5.41) is 8.49. The lowest BCUT2D eigenvalue weighted by Gasteiger charge is -2.12. The van der Waals surface area contributed by atoms with Crippen molar-refractivity contribution in [1.29, 1.82) is 0 Å². The lowest BCUT2D eigenvalue weighted by Crippen LogP contribution is -2.22. The van der Waals surface area contributed by atoms with Crippen LogP contribution in [0.4, 0.5) is 22.0 Å². The molecule has 17 heavy (non-hydrogen) atoms. The summed E-state index contributed by atoms with van der Waals surface area (Å²) in [4.78, 5) is 22.7. The number of H-pyrrole nitrogens is 1. The van der Waals surface area contributed by atoms with E-state index in [-0.39, 0.29) is 6.07 Å². The molecule has 0 aliphatic heterocycles. The molecule has 1 aromatic heterocycles. The molecule has 0 unspecified atom stereocenters. The van der Waals surface area contributed by atoms with Crippen LogP contribution in [0.25, 0.3) is 0 Å². The molecule has 1 aromatic rings. The topological polar surface area (TPSA) is 70.2 Å². The van der Waals surface area contributed by atoms with Crippen molar-refractivity contribution in [2.24, 2.45) is 0 Å². The normalized spacial score (nSPS) is 11.9. The molecule has 0 atom stereocenters. The predicted molar refractivity (Wildman–Crippen MR) is 44.0 cm³/mol. The van der Waals surface area contributed by atoms with E-state index in [9.17, 15) is 31.5 Å². The zero-order valence-corrected chi connectivity index (χ0v) is 7.81. The Balaban J connectivity index is 3.70. The number of rotatable bonds is 2. The molecule has 9 heteroatoms. The Morgan fingerprint density at radius 1 is 1.35 bits per heavy atom. The van der Waals surface area contributed by atoms with E-state index in [0.29, 0.717) is 0 Å². The molecule has 0 fully saturated rings. The fourth-order valence-electron chi connectivity index (χ4n) is 1.20. The number of alkyl halides is 5. The molecule has 0 aliphatic carbocycles. The Morgan fingerprint density at radius 2 is 1.88 bits per heavy atom. The second kappa shape index (κ2) is 4.15. The molecule has 0 radical (unpaired) electrons. The zero-order chi connectivity index (χ0) is 13.4. The van der Waals surface area contributed by atoms with E-state index in [1.165, 1.54) is 4.98 Å². The van der Waals surface area contributed by atoms with Crippen LogP contribution in [0.5, 0.6) is 0 Å². The van der Waals surface area contributed by atoms with E-state index in [1.54, 1.807) is 0 Å². The van der Waals surface area contributed by atoms with E-state index < -0.39 is 41.0 Å². The molecule has 0 aliphatic rings. The lowest BCUT2D eigenvalue weighted by molar-refractivity contribution is -0.138. The number of halogens is 5. The highest BCUT2D eigenvalue weighted by atomic mass is 19.4. The zero-order valence-electron chi connectivity index (χ0n) is 7.81. The van der Waals surface area contributed by atoms with Gasteiger partial charge in [-0.3, -0.25) is 4.79 Å². The van der Waals surface area contributed by atoms with E-state index in [4.69, 9.17) is 5.11 Å². The number of aromatic carboxylic acids is 1. The van der Waals surface area contributed by atoms with Crippen molar-refractivity contribution in [3.05, 3.63) is 33.2 Å². The van der Waals surface area contributed by atoms with Crippen molar-refractivity contribution < 1.29 is 31.9 Å². The number of aromatic amines is 1. The van der Waals surface area contributed by atoms with Crippen molar-refractivity contribution >= 4 is 5.97 Å². The van der Waals surface area contributed by atoms with Crippen LogP contribution in [0.3, 0.4) is 0 Å². The number of carboxylic acid groups (broad SMARTS) is 1. The molecule has 0 saturated carbocycles. The highest BCUT2D eigenvalue weighted by molar-refractivity contribution is 5.91. The van der Waals surface area contributed by atoms with Gasteiger partial charge in [-0.15, -0.1) is 0 Å². The van der Waals surface area contributed by atoms with Gasteiger partial charge in [0, 0.05) is 6.07 Å². The van der Waals surface area contributed by atoms with Gasteiger partial charge >= 0.3 is 12.1 Å². The molecule has 0 saturated heterocycles. The average molecular weight is 257 g/mol. The Labute approximate surface area is 89.7 Å². The van der Waals surface area contributed by atoms with Crippen molar-refractivity contribution in [3.63, 3.8) is 0 Å². The number of hydrogen-bond acceptors (Lipinski definition) is 2. The summed E-state index contributed by atoms with van der Waals surface area (Å²) in [5.74, 6) is -2.19. The first kappa shape index (κ1) is 13.1. The fourth-order valence-corrected chi connectivity index (χ4v) is 1.20. The summed E-state index contributed by atoms with van der Waals surface area (Å²) in [6, 6.07) is -0.0741. The molecular weight excluding hydrogens is 253 g/mol. The minimum absolute atomic E-state index is 0.0741. The molecule has 0 aromatic carbocycles. The molecule has 4 nitrogen and oxygen atoms in total. The van der Waals surface area contributed by atoms with E-state index in [0.717, 1.165) is 0 Å². The Morgan fingerprint density at radius 3 is 2.24 bits per heavy atom. The Bertz CT molecular complexity index is 505. The number of aromatic nitrogens is 1. The molecule has 1 heterocycles. The van der Waals surface area contributed by atoms with Crippen LogP contribution in [0.2, 0.25) is 0 Å². The monoisotopic (exact) mass is 257 g/mol. The number of nitrogens with one attached hydrogen (secondary N) is 1. The fraction of sp³-hybridized carbons (Fsp3) is 0.250. The van der Waals surface area contributed by atoms with Gasteiger partial charge in [-0.2, -0.15) is 13.2 Å². The van der Waals surface area contributed by atoms with Crippen LogP contribution in [0, 0.1) is 0 Å².